The van der Waals surface area contributed by atoms with Crippen molar-refractivity contribution >= 4 is 11.8 Å². The molecule has 0 radical (unpaired) electrons. The van der Waals surface area contributed by atoms with Gasteiger partial charge < -0.3 is 4.74 Å². The zero-order valence-corrected chi connectivity index (χ0v) is 10.8. The van der Waals surface area contributed by atoms with E-state index >= 15 is 0 Å². The molecule has 2 rings (SSSR count). The number of aromatic nitrogens is 1. The highest BCUT2D eigenvalue weighted by Crippen LogP contribution is 2.22. The summed E-state index contributed by atoms with van der Waals surface area (Å²) in [6.45, 7) is 0. The fourth-order valence-electron chi connectivity index (χ4n) is 1.41. The highest BCUT2D eigenvalue weighted by atomic mass is 32.2. The molecule has 4 heteroatoms. The fourth-order valence-corrected chi connectivity index (χ4v) is 2.21. The van der Waals surface area contributed by atoms with Crippen LogP contribution in [0.5, 0.6) is 5.75 Å². The SMILES string of the molecule is COc1ccc(CSc2ccc(C#N)cn2)cc1. The number of pyridine rings is 1. The summed E-state index contributed by atoms with van der Waals surface area (Å²) in [5, 5.41) is 9.60. The lowest BCUT2D eigenvalue weighted by Crippen LogP contribution is -1.86. The van der Waals surface area contributed by atoms with Crippen LogP contribution >= 0.6 is 11.8 Å². The summed E-state index contributed by atoms with van der Waals surface area (Å²) in [4.78, 5) is 4.21. The van der Waals surface area contributed by atoms with Gasteiger partial charge in [0.2, 0.25) is 0 Å². The van der Waals surface area contributed by atoms with E-state index < -0.39 is 0 Å². The second kappa shape index (κ2) is 6.08. The van der Waals surface area contributed by atoms with Gasteiger partial charge in [-0.1, -0.05) is 12.1 Å². The Labute approximate surface area is 110 Å². The molecular weight excluding hydrogens is 244 g/mol. The van der Waals surface area contributed by atoms with Gasteiger partial charge in [0, 0.05) is 11.9 Å². The summed E-state index contributed by atoms with van der Waals surface area (Å²) in [5.74, 6) is 1.71. The molecule has 18 heavy (non-hydrogen) atoms. The predicted octanol–water partition coefficient (Wildman–Crippen LogP) is 3.25. The number of thioether (sulfide) groups is 1. The molecule has 0 bridgehead atoms. The Kier molecular flexibility index (Phi) is 4.21. The van der Waals surface area contributed by atoms with Crippen LogP contribution < -0.4 is 4.74 Å². The average Bonchev–Trinajstić information content (AvgIpc) is 2.46. The molecule has 0 atom stereocenters. The van der Waals surface area contributed by atoms with E-state index in [0.29, 0.717) is 5.56 Å². The van der Waals surface area contributed by atoms with Crippen LogP contribution in [0.2, 0.25) is 0 Å². The highest BCUT2D eigenvalue weighted by Gasteiger charge is 1.99. The number of methoxy groups -OCH3 is 1. The Morgan fingerprint density at radius 1 is 1.22 bits per heavy atom. The summed E-state index contributed by atoms with van der Waals surface area (Å²) in [6.07, 6.45) is 1.59. The van der Waals surface area contributed by atoms with E-state index in [1.165, 1.54) is 5.56 Å². The first-order chi connectivity index (χ1) is 8.81. The molecule has 3 nitrogen and oxygen atoms in total. The monoisotopic (exact) mass is 256 g/mol. The van der Waals surface area contributed by atoms with Crippen molar-refractivity contribution in [3.8, 4) is 11.8 Å². The lowest BCUT2D eigenvalue weighted by molar-refractivity contribution is 0.414. The lowest BCUT2D eigenvalue weighted by Gasteiger charge is -2.03. The first-order valence-electron chi connectivity index (χ1n) is 5.43. The number of hydrogen-bond donors (Lipinski definition) is 0. The molecular formula is C14H12N2OS. The molecule has 0 saturated carbocycles. The van der Waals surface area contributed by atoms with Crippen LogP contribution in [0.3, 0.4) is 0 Å². The van der Waals surface area contributed by atoms with E-state index in [1.54, 1.807) is 31.1 Å². The van der Waals surface area contributed by atoms with Gasteiger partial charge in [-0.2, -0.15) is 5.26 Å². The zero-order chi connectivity index (χ0) is 12.8. The van der Waals surface area contributed by atoms with Crippen LogP contribution in [-0.4, -0.2) is 12.1 Å². The van der Waals surface area contributed by atoms with Gasteiger partial charge in [-0.25, -0.2) is 4.98 Å². The van der Waals surface area contributed by atoms with Gasteiger partial charge in [-0.3, -0.25) is 0 Å². The number of ether oxygens (including phenoxy) is 1. The molecule has 0 N–H and O–H groups in total. The van der Waals surface area contributed by atoms with Crippen LogP contribution in [0.25, 0.3) is 0 Å². The van der Waals surface area contributed by atoms with E-state index in [4.69, 9.17) is 10.00 Å². The van der Waals surface area contributed by atoms with E-state index in [2.05, 4.69) is 11.1 Å². The van der Waals surface area contributed by atoms with Crippen LogP contribution in [0.15, 0.2) is 47.6 Å². The second-order valence-electron chi connectivity index (χ2n) is 3.63. The Bertz CT molecular complexity index is 544. The van der Waals surface area contributed by atoms with Crippen molar-refractivity contribution in [2.24, 2.45) is 0 Å². The molecule has 0 fully saturated rings. The molecule has 1 aromatic heterocycles. The third-order valence-corrected chi connectivity index (χ3v) is 3.43. The summed E-state index contributed by atoms with van der Waals surface area (Å²) in [7, 11) is 1.66. The first kappa shape index (κ1) is 12.5. The highest BCUT2D eigenvalue weighted by molar-refractivity contribution is 7.98. The molecule has 0 amide bonds. The predicted molar refractivity (Wildman–Crippen MR) is 71.5 cm³/mol. The van der Waals surface area contributed by atoms with Crippen molar-refractivity contribution in [2.45, 2.75) is 10.8 Å². The third-order valence-electron chi connectivity index (χ3n) is 2.41. The smallest absolute Gasteiger partial charge is 0.118 e. The van der Waals surface area contributed by atoms with Crippen molar-refractivity contribution in [3.05, 3.63) is 53.7 Å². The van der Waals surface area contributed by atoms with Crippen molar-refractivity contribution in [1.82, 2.24) is 4.98 Å². The zero-order valence-electron chi connectivity index (χ0n) is 9.96. The van der Waals surface area contributed by atoms with Crippen molar-refractivity contribution in [1.29, 1.82) is 5.26 Å². The lowest BCUT2D eigenvalue weighted by atomic mass is 10.2. The Balaban J connectivity index is 1.95. The summed E-state index contributed by atoms with van der Waals surface area (Å²) >= 11 is 1.64. The third kappa shape index (κ3) is 3.25. The maximum Gasteiger partial charge on any atom is 0.118 e. The summed E-state index contributed by atoms with van der Waals surface area (Å²) in [6, 6.07) is 13.7. The first-order valence-corrected chi connectivity index (χ1v) is 6.42. The maximum atomic E-state index is 8.68. The Morgan fingerprint density at radius 3 is 2.56 bits per heavy atom. The van der Waals surface area contributed by atoms with Crippen LogP contribution in [-0.2, 0) is 5.75 Å². The molecule has 0 aliphatic heterocycles. The molecule has 0 saturated heterocycles. The Morgan fingerprint density at radius 2 is 2.00 bits per heavy atom. The summed E-state index contributed by atoms with van der Waals surface area (Å²) < 4.78 is 5.11. The van der Waals surface area contributed by atoms with Crippen molar-refractivity contribution in [3.63, 3.8) is 0 Å². The number of hydrogen-bond acceptors (Lipinski definition) is 4. The topological polar surface area (TPSA) is 45.9 Å². The normalized spacial score (nSPS) is 9.78. The molecule has 1 heterocycles. The molecule has 1 aromatic carbocycles. The second-order valence-corrected chi connectivity index (χ2v) is 4.63. The minimum Gasteiger partial charge on any atom is -0.497 e. The van der Waals surface area contributed by atoms with Crippen molar-refractivity contribution in [2.75, 3.05) is 7.11 Å². The molecule has 0 unspecified atom stereocenters. The molecule has 0 aliphatic rings. The average molecular weight is 256 g/mol. The largest absolute Gasteiger partial charge is 0.497 e. The standard InChI is InChI=1S/C14H12N2OS/c1-17-13-5-2-11(3-6-13)10-18-14-7-4-12(8-15)9-16-14/h2-7,9H,10H2,1H3. The Hall–Kier alpha value is -1.99. The maximum absolute atomic E-state index is 8.68. The van der Waals surface area contributed by atoms with Crippen LogP contribution in [0.1, 0.15) is 11.1 Å². The van der Waals surface area contributed by atoms with Gasteiger partial charge in [0.25, 0.3) is 0 Å². The van der Waals surface area contributed by atoms with Gasteiger partial charge in [-0.15, -0.1) is 11.8 Å². The van der Waals surface area contributed by atoms with Gasteiger partial charge in [0.15, 0.2) is 0 Å². The number of rotatable bonds is 4. The van der Waals surface area contributed by atoms with Gasteiger partial charge in [0.1, 0.15) is 11.8 Å². The van der Waals surface area contributed by atoms with E-state index in [9.17, 15) is 0 Å². The van der Waals surface area contributed by atoms with E-state index in [1.807, 2.05) is 30.3 Å². The molecule has 0 spiro atoms. The molecule has 2 aromatic rings. The van der Waals surface area contributed by atoms with Gasteiger partial charge in [-0.05, 0) is 29.8 Å². The van der Waals surface area contributed by atoms with Gasteiger partial charge >= 0.3 is 0 Å². The number of nitriles is 1. The van der Waals surface area contributed by atoms with Gasteiger partial charge in [0.05, 0.1) is 17.7 Å². The minimum atomic E-state index is 0.587. The van der Waals surface area contributed by atoms with E-state index in [0.717, 1.165) is 16.5 Å². The quantitative estimate of drug-likeness (QED) is 0.788. The number of benzene rings is 1. The molecule has 0 aliphatic carbocycles. The number of nitrogens with zero attached hydrogens (tertiary/aromatic N) is 2. The van der Waals surface area contributed by atoms with Crippen LogP contribution in [0.4, 0.5) is 0 Å². The summed E-state index contributed by atoms with van der Waals surface area (Å²) in [5.41, 5.74) is 1.80. The van der Waals surface area contributed by atoms with Crippen molar-refractivity contribution < 1.29 is 4.74 Å². The fraction of sp³-hybridized carbons (Fsp3) is 0.143. The van der Waals surface area contributed by atoms with E-state index in [-0.39, 0.29) is 0 Å². The molecule has 90 valence electrons. The van der Waals surface area contributed by atoms with Crippen LogP contribution in [0, 0.1) is 11.3 Å². The minimum absolute atomic E-state index is 0.587.